The van der Waals surface area contributed by atoms with Crippen molar-refractivity contribution in [2.75, 3.05) is 0 Å². The molecule has 0 aromatic carbocycles. The van der Waals surface area contributed by atoms with Crippen molar-refractivity contribution in [3.8, 4) is 0 Å². The van der Waals surface area contributed by atoms with Crippen molar-refractivity contribution in [2.45, 2.75) is 25.3 Å². The summed E-state index contributed by atoms with van der Waals surface area (Å²) >= 11 is 3.32. The van der Waals surface area contributed by atoms with Crippen LogP contribution in [-0.4, -0.2) is 9.78 Å². The molecule has 0 saturated heterocycles. The number of halogens is 1. The molecule has 0 unspecified atom stereocenters. The predicted octanol–water partition coefficient (Wildman–Crippen LogP) is 2.15. The molecule has 1 heterocycles. The fraction of sp³-hybridized carbons (Fsp3) is 0.571. The molecule has 10 heavy (non-hydrogen) atoms. The molecular weight excluding hydrogens is 192 g/mol. The lowest BCUT2D eigenvalue weighted by atomic mass is 10.3. The Bertz CT molecular complexity index is 250. The predicted molar refractivity (Wildman–Crippen MR) is 42.8 cm³/mol. The lowest BCUT2D eigenvalue weighted by Gasteiger charge is -2.06. The number of aromatic nitrogens is 2. The Morgan fingerprint density at radius 3 is 2.80 bits per heavy atom. The number of hydrogen-bond acceptors (Lipinski definition) is 1. The lowest BCUT2D eigenvalue weighted by Crippen LogP contribution is -2.12. The average molecular weight is 201 g/mol. The summed E-state index contributed by atoms with van der Waals surface area (Å²) in [6.07, 6.45) is 4.55. The van der Waals surface area contributed by atoms with E-state index in [0.29, 0.717) is 5.54 Å². The zero-order valence-corrected chi connectivity index (χ0v) is 7.43. The van der Waals surface area contributed by atoms with Gasteiger partial charge in [-0.25, -0.2) is 0 Å². The van der Waals surface area contributed by atoms with Crippen molar-refractivity contribution in [3.63, 3.8) is 0 Å². The first-order valence-electron chi connectivity index (χ1n) is 3.42. The summed E-state index contributed by atoms with van der Waals surface area (Å²) < 4.78 is 2.97. The molecule has 1 aromatic rings. The van der Waals surface area contributed by atoms with Gasteiger partial charge in [-0.15, -0.1) is 0 Å². The van der Waals surface area contributed by atoms with Crippen molar-refractivity contribution < 1.29 is 0 Å². The van der Waals surface area contributed by atoms with Crippen LogP contribution in [-0.2, 0) is 5.54 Å². The monoisotopic (exact) mass is 200 g/mol. The summed E-state index contributed by atoms with van der Waals surface area (Å²) in [4.78, 5) is 0. The summed E-state index contributed by atoms with van der Waals surface area (Å²) in [7, 11) is 0. The van der Waals surface area contributed by atoms with Crippen LogP contribution in [0.25, 0.3) is 0 Å². The minimum atomic E-state index is 0.339. The summed E-state index contributed by atoms with van der Waals surface area (Å²) in [6.45, 7) is 2.23. The highest BCUT2D eigenvalue weighted by molar-refractivity contribution is 9.10. The molecule has 0 amide bonds. The van der Waals surface area contributed by atoms with E-state index in [0.717, 1.165) is 4.60 Å². The van der Waals surface area contributed by atoms with Crippen LogP contribution in [0.3, 0.4) is 0 Å². The number of hydrogen-bond donors (Lipinski definition) is 0. The topological polar surface area (TPSA) is 17.8 Å². The van der Waals surface area contributed by atoms with Gasteiger partial charge >= 0.3 is 0 Å². The third-order valence-corrected chi connectivity index (χ3v) is 2.51. The Labute approximate surface area is 68.4 Å². The first-order valence-corrected chi connectivity index (χ1v) is 4.22. The second-order valence-corrected chi connectivity index (χ2v) is 3.89. The van der Waals surface area contributed by atoms with Crippen LogP contribution in [0.15, 0.2) is 16.9 Å². The molecule has 2 nitrogen and oxygen atoms in total. The van der Waals surface area contributed by atoms with E-state index in [1.807, 2.05) is 16.9 Å². The standard InChI is InChI=1S/C7H9BrN2/c1-7(3-4-7)10-5-2-6(8)9-10/h2,5H,3-4H2,1H3. The second kappa shape index (κ2) is 1.84. The van der Waals surface area contributed by atoms with Crippen LogP contribution in [0.5, 0.6) is 0 Å². The highest BCUT2D eigenvalue weighted by Crippen LogP contribution is 2.42. The normalized spacial score (nSPS) is 21.0. The van der Waals surface area contributed by atoms with Crippen molar-refractivity contribution in [1.82, 2.24) is 9.78 Å². The van der Waals surface area contributed by atoms with Crippen LogP contribution >= 0.6 is 15.9 Å². The Hall–Kier alpha value is -0.310. The van der Waals surface area contributed by atoms with Gasteiger partial charge in [0.1, 0.15) is 4.60 Å². The first kappa shape index (κ1) is 6.40. The quantitative estimate of drug-likeness (QED) is 0.680. The minimum Gasteiger partial charge on any atom is -0.266 e. The molecule has 1 saturated carbocycles. The fourth-order valence-electron chi connectivity index (χ4n) is 1.01. The van der Waals surface area contributed by atoms with Crippen LogP contribution < -0.4 is 0 Å². The molecule has 0 bridgehead atoms. The van der Waals surface area contributed by atoms with E-state index in [1.54, 1.807) is 0 Å². The second-order valence-electron chi connectivity index (χ2n) is 3.08. The van der Waals surface area contributed by atoms with Gasteiger partial charge < -0.3 is 0 Å². The van der Waals surface area contributed by atoms with Crippen molar-refractivity contribution in [1.29, 1.82) is 0 Å². The van der Waals surface area contributed by atoms with E-state index in [2.05, 4.69) is 28.0 Å². The third-order valence-electron chi connectivity index (χ3n) is 2.08. The van der Waals surface area contributed by atoms with Crippen LogP contribution in [0.2, 0.25) is 0 Å². The molecule has 1 aromatic heterocycles. The molecule has 1 aliphatic rings. The molecule has 1 fully saturated rings. The molecule has 0 aliphatic heterocycles. The molecule has 0 atom stereocenters. The maximum atomic E-state index is 4.28. The summed E-state index contributed by atoms with van der Waals surface area (Å²) in [6, 6.07) is 1.98. The highest BCUT2D eigenvalue weighted by Gasteiger charge is 2.39. The van der Waals surface area contributed by atoms with Crippen LogP contribution in [0.1, 0.15) is 19.8 Å². The minimum absolute atomic E-state index is 0.339. The Balaban J connectivity index is 2.34. The van der Waals surface area contributed by atoms with E-state index in [-0.39, 0.29) is 0 Å². The summed E-state index contributed by atoms with van der Waals surface area (Å²) in [5, 5.41) is 4.28. The number of rotatable bonds is 1. The van der Waals surface area contributed by atoms with Crippen molar-refractivity contribution >= 4 is 15.9 Å². The third kappa shape index (κ3) is 0.888. The lowest BCUT2D eigenvalue weighted by molar-refractivity contribution is 0.470. The molecule has 1 aliphatic carbocycles. The van der Waals surface area contributed by atoms with Gasteiger partial charge in [-0.3, -0.25) is 4.68 Å². The first-order chi connectivity index (χ1) is 4.71. The van der Waals surface area contributed by atoms with Gasteiger partial charge in [0, 0.05) is 6.20 Å². The fourth-order valence-corrected chi connectivity index (χ4v) is 1.30. The van der Waals surface area contributed by atoms with Gasteiger partial charge in [0.25, 0.3) is 0 Å². The van der Waals surface area contributed by atoms with Gasteiger partial charge in [-0.05, 0) is 41.8 Å². The van der Waals surface area contributed by atoms with Crippen molar-refractivity contribution in [2.24, 2.45) is 0 Å². The maximum absolute atomic E-state index is 4.28. The van der Waals surface area contributed by atoms with Crippen molar-refractivity contribution in [3.05, 3.63) is 16.9 Å². The SMILES string of the molecule is CC1(n2ccc(Br)n2)CC1. The Kier molecular flexibility index (Phi) is 1.18. The zero-order chi connectivity index (χ0) is 7.19. The Morgan fingerprint density at radius 2 is 2.40 bits per heavy atom. The van der Waals surface area contributed by atoms with Gasteiger partial charge in [0.2, 0.25) is 0 Å². The smallest absolute Gasteiger partial charge is 0.128 e. The molecule has 54 valence electrons. The molecule has 0 spiro atoms. The van der Waals surface area contributed by atoms with E-state index >= 15 is 0 Å². The molecule has 0 N–H and O–H groups in total. The maximum Gasteiger partial charge on any atom is 0.128 e. The van der Waals surface area contributed by atoms with Crippen LogP contribution in [0, 0.1) is 0 Å². The molecular formula is C7H9BrN2. The average Bonchev–Trinajstić information content (AvgIpc) is 2.45. The summed E-state index contributed by atoms with van der Waals surface area (Å²) in [5.41, 5.74) is 0.339. The number of nitrogens with zero attached hydrogens (tertiary/aromatic N) is 2. The highest BCUT2D eigenvalue weighted by atomic mass is 79.9. The molecule has 2 rings (SSSR count). The van der Waals surface area contributed by atoms with E-state index < -0.39 is 0 Å². The Morgan fingerprint density at radius 1 is 1.70 bits per heavy atom. The zero-order valence-electron chi connectivity index (χ0n) is 5.84. The van der Waals surface area contributed by atoms with E-state index in [4.69, 9.17) is 0 Å². The van der Waals surface area contributed by atoms with E-state index in [1.165, 1.54) is 12.8 Å². The van der Waals surface area contributed by atoms with Gasteiger partial charge in [0.05, 0.1) is 5.54 Å². The largest absolute Gasteiger partial charge is 0.266 e. The molecule has 3 heteroatoms. The van der Waals surface area contributed by atoms with Gasteiger partial charge in [-0.2, -0.15) is 5.10 Å². The van der Waals surface area contributed by atoms with Crippen LogP contribution in [0.4, 0.5) is 0 Å². The van der Waals surface area contributed by atoms with Gasteiger partial charge in [-0.1, -0.05) is 0 Å². The van der Waals surface area contributed by atoms with E-state index in [9.17, 15) is 0 Å². The summed E-state index contributed by atoms with van der Waals surface area (Å²) in [5.74, 6) is 0. The van der Waals surface area contributed by atoms with Gasteiger partial charge in [0.15, 0.2) is 0 Å². The molecule has 0 radical (unpaired) electrons.